The summed E-state index contributed by atoms with van der Waals surface area (Å²) in [5.74, 6) is -0.282. The Hall–Kier alpha value is -0.610. The Balaban J connectivity index is 2.79. The first kappa shape index (κ1) is 13.5. The minimum absolute atomic E-state index is 0.0953. The molecule has 0 aliphatic heterocycles. The molecule has 0 aliphatic rings. The smallest absolute Gasteiger partial charge is 0.139 e. The van der Waals surface area contributed by atoms with Crippen LogP contribution in [0, 0.1) is 18.2 Å². The zero-order valence-corrected chi connectivity index (χ0v) is 11.4. The highest BCUT2D eigenvalue weighted by molar-refractivity contribution is 9.10. The topological polar surface area (TPSA) is 32.3 Å². The fourth-order valence-corrected chi connectivity index (χ4v) is 1.68. The third-order valence-electron chi connectivity index (χ3n) is 2.45. The Morgan fingerprint density at radius 2 is 2.06 bits per heavy atom. The molecule has 0 heterocycles. The molecule has 4 heteroatoms. The molecule has 2 nitrogen and oxygen atoms in total. The van der Waals surface area contributed by atoms with Crippen LogP contribution in [0.15, 0.2) is 16.6 Å². The van der Waals surface area contributed by atoms with Gasteiger partial charge < -0.3 is 10.4 Å². The van der Waals surface area contributed by atoms with E-state index in [9.17, 15) is 4.39 Å². The van der Waals surface area contributed by atoms with Gasteiger partial charge in [-0.05, 0) is 40.5 Å². The van der Waals surface area contributed by atoms with E-state index in [0.717, 1.165) is 11.3 Å². The van der Waals surface area contributed by atoms with Crippen LogP contribution in [-0.4, -0.2) is 18.3 Å². The Kier molecular flexibility index (Phi) is 4.33. The third-order valence-corrected chi connectivity index (χ3v) is 3.06. The number of rotatable bonds is 4. The van der Waals surface area contributed by atoms with Crippen molar-refractivity contribution in [2.24, 2.45) is 5.41 Å². The first-order valence-electron chi connectivity index (χ1n) is 5.16. The van der Waals surface area contributed by atoms with Gasteiger partial charge in [-0.3, -0.25) is 0 Å². The average Bonchev–Trinajstić information content (AvgIpc) is 2.22. The predicted octanol–water partition coefficient (Wildman–Crippen LogP) is 3.33. The number of aliphatic hydroxyl groups excluding tert-OH is 1. The van der Waals surface area contributed by atoms with Crippen molar-refractivity contribution < 1.29 is 9.50 Å². The van der Waals surface area contributed by atoms with E-state index in [1.807, 2.05) is 20.8 Å². The van der Waals surface area contributed by atoms with Crippen molar-refractivity contribution in [3.63, 3.8) is 0 Å². The number of anilines is 1. The molecule has 0 spiro atoms. The lowest BCUT2D eigenvalue weighted by atomic mass is 9.95. The van der Waals surface area contributed by atoms with Crippen molar-refractivity contribution in [2.75, 3.05) is 18.5 Å². The molecular weight excluding hydrogens is 273 g/mol. The third kappa shape index (κ3) is 3.46. The minimum Gasteiger partial charge on any atom is -0.396 e. The lowest BCUT2D eigenvalue weighted by Gasteiger charge is -2.23. The summed E-state index contributed by atoms with van der Waals surface area (Å²) in [7, 11) is 0. The molecule has 1 rings (SSSR count). The van der Waals surface area contributed by atoms with Gasteiger partial charge in [0.05, 0.1) is 4.47 Å². The van der Waals surface area contributed by atoms with Gasteiger partial charge in [-0.2, -0.15) is 0 Å². The van der Waals surface area contributed by atoms with Crippen molar-refractivity contribution in [1.29, 1.82) is 0 Å². The van der Waals surface area contributed by atoms with E-state index in [4.69, 9.17) is 5.11 Å². The summed E-state index contributed by atoms with van der Waals surface area (Å²) in [6.45, 7) is 6.51. The van der Waals surface area contributed by atoms with Crippen LogP contribution in [0.3, 0.4) is 0 Å². The maximum absolute atomic E-state index is 13.3. The molecule has 1 aromatic carbocycles. The molecule has 0 saturated heterocycles. The summed E-state index contributed by atoms with van der Waals surface area (Å²) in [6, 6.07) is 3.20. The fourth-order valence-electron chi connectivity index (χ4n) is 1.23. The highest BCUT2D eigenvalue weighted by Gasteiger charge is 2.16. The van der Waals surface area contributed by atoms with Crippen LogP contribution in [0.1, 0.15) is 19.4 Å². The lowest BCUT2D eigenvalue weighted by Crippen LogP contribution is -2.27. The second-order valence-electron chi connectivity index (χ2n) is 4.76. The summed E-state index contributed by atoms with van der Waals surface area (Å²) in [6.07, 6.45) is 0. The quantitative estimate of drug-likeness (QED) is 0.891. The SMILES string of the molecule is Cc1cc(Br)c(F)cc1NCC(C)(C)CO. The van der Waals surface area contributed by atoms with Gasteiger partial charge in [0.25, 0.3) is 0 Å². The summed E-state index contributed by atoms with van der Waals surface area (Å²) in [5.41, 5.74) is 1.53. The normalized spacial score (nSPS) is 11.6. The number of hydrogen-bond acceptors (Lipinski definition) is 2. The van der Waals surface area contributed by atoms with Crippen LogP contribution < -0.4 is 5.32 Å². The average molecular weight is 290 g/mol. The molecule has 0 aromatic heterocycles. The van der Waals surface area contributed by atoms with Gasteiger partial charge in [-0.25, -0.2) is 4.39 Å². The van der Waals surface area contributed by atoms with Crippen LogP contribution in [-0.2, 0) is 0 Å². The van der Waals surface area contributed by atoms with Gasteiger partial charge >= 0.3 is 0 Å². The molecule has 0 fully saturated rings. The Morgan fingerprint density at radius 3 is 2.62 bits per heavy atom. The molecule has 16 heavy (non-hydrogen) atoms. The van der Waals surface area contributed by atoms with E-state index in [1.54, 1.807) is 6.07 Å². The van der Waals surface area contributed by atoms with Crippen molar-refractivity contribution in [3.8, 4) is 0 Å². The molecule has 90 valence electrons. The summed E-state index contributed by atoms with van der Waals surface area (Å²) in [5, 5.41) is 12.3. The maximum Gasteiger partial charge on any atom is 0.139 e. The standard InChI is InChI=1S/C12H17BrFNO/c1-8-4-9(13)10(14)5-11(8)15-6-12(2,3)7-16/h4-5,15-16H,6-7H2,1-3H3. The first-order chi connectivity index (χ1) is 7.35. The second kappa shape index (κ2) is 5.15. The number of benzene rings is 1. The van der Waals surface area contributed by atoms with Crippen LogP contribution >= 0.6 is 15.9 Å². The highest BCUT2D eigenvalue weighted by Crippen LogP contribution is 2.25. The van der Waals surface area contributed by atoms with Gasteiger partial charge in [0.15, 0.2) is 0 Å². The molecule has 0 bridgehead atoms. The first-order valence-corrected chi connectivity index (χ1v) is 5.95. The lowest BCUT2D eigenvalue weighted by molar-refractivity contribution is 0.171. The van der Waals surface area contributed by atoms with Crippen molar-refractivity contribution in [2.45, 2.75) is 20.8 Å². The van der Waals surface area contributed by atoms with Gasteiger partial charge in [0.2, 0.25) is 0 Å². The van der Waals surface area contributed by atoms with E-state index >= 15 is 0 Å². The molecular formula is C12H17BrFNO. The summed E-state index contributed by atoms with van der Waals surface area (Å²) < 4.78 is 13.8. The molecule has 0 unspecified atom stereocenters. The summed E-state index contributed by atoms with van der Waals surface area (Å²) in [4.78, 5) is 0. The van der Waals surface area contributed by atoms with Crippen LogP contribution in [0.4, 0.5) is 10.1 Å². The van der Waals surface area contributed by atoms with E-state index in [0.29, 0.717) is 11.0 Å². The van der Waals surface area contributed by atoms with Gasteiger partial charge in [-0.15, -0.1) is 0 Å². The number of aryl methyl sites for hydroxylation is 1. The number of hydrogen-bond donors (Lipinski definition) is 2. The molecule has 1 aromatic rings. The second-order valence-corrected chi connectivity index (χ2v) is 5.61. The number of halogens is 2. The van der Waals surface area contributed by atoms with Gasteiger partial charge in [0.1, 0.15) is 5.82 Å². The van der Waals surface area contributed by atoms with E-state index in [2.05, 4.69) is 21.2 Å². The Morgan fingerprint density at radius 1 is 1.44 bits per heavy atom. The largest absolute Gasteiger partial charge is 0.396 e. The molecule has 2 N–H and O–H groups in total. The van der Waals surface area contributed by atoms with Crippen molar-refractivity contribution >= 4 is 21.6 Å². The van der Waals surface area contributed by atoms with E-state index in [1.165, 1.54) is 6.07 Å². The molecule has 0 atom stereocenters. The number of aliphatic hydroxyl groups is 1. The van der Waals surface area contributed by atoms with Crippen molar-refractivity contribution in [1.82, 2.24) is 0 Å². The zero-order valence-electron chi connectivity index (χ0n) is 9.77. The van der Waals surface area contributed by atoms with Crippen LogP contribution in [0.2, 0.25) is 0 Å². The van der Waals surface area contributed by atoms with Gasteiger partial charge in [-0.1, -0.05) is 13.8 Å². The minimum atomic E-state index is -0.282. The molecule has 0 aliphatic carbocycles. The molecule has 0 radical (unpaired) electrons. The van der Waals surface area contributed by atoms with Crippen molar-refractivity contribution in [3.05, 3.63) is 28.0 Å². The van der Waals surface area contributed by atoms with Crippen LogP contribution in [0.25, 0.3) is 0 Å². The Bertz CT molecular complexity index is 380. The fraction of sp³-hybridized carbons (Fsp3) is 0.500. The maximum atomic E-state index is 13.3. The van der Waals surface area contributed by atoms with Gasteiger partial charge in [0, 0.05) is 24.3 Å². The van der Waals surface area contributed by atoms with E-state index in [-0.39, 0.29) is 17.8 Å². The Labute approximate surface area is 104 Å². The monoisotopic (exact) mass is 289 g/mol. The molecule has 0 saturated carbocycles. The van der Waals surface area contributed by atoms with Crippen LogP contribution in [0.5, 0.6) is 0 Å². The predicted molar refractivity (Wildman–Crippen MR) is 68.2 cm³/mol. The highest BCUT2D eigenvalue weighted by atomic mass is 79.9. The number of nitrogens with one attached hydrogen (secondary N) is 1. The van der Waals surface area contributed by atoms with E-state index < -0.39 is 0 Å². The summed E-state index contributed by atoms with van der Waals surface area (Å²) >= 11 is 3.14. The molecule has 0 amide bonds. The zero-order chi connectivity index (χ0) is 12.3.